The van der Waals surface area contributed by atoms with Gasteiger partial charge in [-0.05, 0) is 29.9 Å². The summed E-state index contributed by atoms with van der Waals surface area (Å²) < 4.78 is 0. The SMILES string of the molecule is CC(CC(=O)Nc1cc(C(=O)O)ccn1)CC(C)(C)C. The van der Waals surface area contributed by atoms with Gasteiger partial charge < -0.3 is 10.4 Å². The van der Waals surface area contributed by atoms with Crippen LogP contribution in [0.5, 0.6) is 0 Å². The van der Waals surface area contributed by atoms with Gasteiger partial charge in [0.2, 0.25) is 5.91 Å². The molecule has 1 aromatic rings. The van der Waals surface area contributed by atoms with Crippen molar-refractivity contribution in [2.24, 2.45) is 11.3 Å². The molecule has 0 aromatic carbocycles. The number of hydrogen-bond acceptors (Lipinski definition) is 3. The lowest BCUT2D eigenvalue weighted by Crippen LogP contribution is -2.19. The van der Waals surface area contributed by atoms with Gasteiger partial charge in [0.25, 0.3) is 0 Å². The minimum absolute atomic E-state index is 0.109. The van der Waals surface area contributed by atoms with Crippen molar-refractivity contribution in [3.63, 3.8) is 0 Å². The van der Waals surface area contributed by atoms with Gasteiger partial charge in [-0.25, -0.2) is 9.78 Å². The lowest BCUT2D eigenvalue weighted by molar-refractivity contribution is -0.117. The first kappa shape index (κ1) is 16.1. The van der Waals surface area contributed by atoms with E-state index in [2.05, 4.69) is 31.1 Å². The summed E-state index contributed by atoms with van der Waals surface area (Å²) in [6.07, 6.45) is 2.72. The van der Waals surface area contributed by atoms with Crippen molar-refractivity contribution in [2.75, 3.05) is 5.32 Å². The Morgan fingerprint density at radius 3 is 2.60 bits per heavy atom. The molecule has 2 N–H and O–H groups in total. The number of rotatable bonds is 5. The maximum absolute atomic E-state index is 11.9. The Kier molecular flexibility index (Phi) is 5.25. The molecule has 1 amide bonds. The van der Waals surface area contributed by atoms with Crippen LogP contribution in [0.2, 0.25) is 0 Å². The van der Waals surface area contributed by atoms with Gasteiger partial charge in [0.05, 0.1) is 5.56 Å². The van der Waals surface area contributed by atoms with Crippen molar-refractivity contribution in [1.29, 1.82) is 0 Å². The molecular weight excluding hydrogens is 256 g/mol. The largest absolute Gasteiger partial charge is 0.478 e. The summed E-state index contributed by atoms with van der Waals surface area (Å²) in [4.78, 5) is 26.7. The highest BCUT2D eigenvalue weighted by molar-refractivity contribution is 5.92. The number of amides is 1. The van der Waals surface area contributed by atoms with Crippen LogP contribution in [-0.4, -0.2) is 22.0 Å². The molecule has 0 aliphatic carbocycles. The van der Waals surface area contributed by atoms with E-state index in [1.807, 2.05) is 6.92 Å². The Bertz CT molecular complexity index is 492. The summed E-state index contributed by atoms with van der Waals surface area (Å²) >= 11 is 0. The maximum Gasteiger partial charge on any atom is 0.335 e. The predicted octanol–water partition coefficient (Wildman–Crippen LogP) is 3.18. The summed E-state index contributed by atoms with van der Waals surface area (Å²) in [5.74, 6) is -0.642. The molecule has 0 fully saturated rings. The zero-order valence-corrected chi connectivity index (χ0v) is 12.4. The molecule has 1 atom stereocenters. The van der Waals surface area contributed by atoms with Gasteiger partial charge in [-0.15, -0.1) is 0 Å². The molecule has 0 aliphatic rings. The highest BCUT2D eigenvalue weighted by Gasteiger charge is 2.18. The second-order valence-electron chi connectivity index (χ2n) is 6.36. The molecule has 1 heterocycles. The third kappa shape index (κ3) is 5.82. The number of aromatic nitrogens is 1. The van der Waals surface area contributed by atoms with E-state index in [1.165, 1.54) is 18.3 Å². The van der Waals surface area contributed by atoms with Crippen LogP contribution in [-0.2, 0) is 4.79 Å². The first-order chi connectivity index (χ1) is 9.17. The number of aromatic carboxylic acids is 1. The predicted molar refractivity (Wildman–Crippen MR) is 77.7 cm³/mol. The second kappa shape index (κ2) is 6.50. The number of carbonyl (C=O) groups is 2. The van der Waals surface area contributed by atoms with Gasteiger partial charge in [-0.3, -0.25) is 4.79 Å². The number of pyridine rings is 1. The van der Waals surface area contributed by atoms with Crippen LogP contribution >= 0.6 is 0 Å². The average molecular weight is 278 g/mol. The van der Waals surface area contributed by atoms with E-state index in [9.17, 15) is 9.59 Å². The van der Waals surface area contributed by atoms with E-state index in [0.717, 1.165) is 6.42 Å². The first-order valence-corrected chi connectivity index (χ1v) is 6.66. The molecule has 1 rings (SSSR count). The molecule has 1 aromatic heterocycles. The molecule has 5 heteroatoms. The van der Waals surface area contributed by atoms with E-state index in [4.69, 9.17) is 5.11 Å². The molecule has 1 unspecified atom stereocenters. The molecule has 0 spiro atoms. The van der Waals surface area contributed by atoms with Crippen LogP contribution in [0.25, 0.3) is 0 Å². The lowest BCUT2D eigenvalue weighted by atomic mass is 9.84. The van der Waals surface area contributed by atoms with Crippen molar-refractivity contribution in [3.8, 4) is 0 Å². The number of carboxylic acids is 1. The number of nitrogens with one attached hydrogen (secondary N) is 1. The molecular formula is C15H22N2O3. The number of hydrogen-bond donors (Lipinski definition) is 2. The number of nitrogens with zero attached hydrogens (tertiary/aromatic N) is 1. The zero-order chi connectivity index (χ0) is 15.3. The quantitative estimate of drug-likeness (QED) is 0.867. The Morgan fingerprint density at radius 2 is 2.05 bits per heavy atom. The smallest absolute Gasteiger partial charge is 0.335 e. The molecule has 5 nitrogen and oxygen atoms in total. The van der Waals surface area contributed by atoms with Crippen LogP contribution in [0.4, 0.5) is 5.82 Å². The fourth-order valence-corrected chi connectivity index (χ4v) is 2.26. The fourth-order valence-electron chi connectivity index (χ4n) is 2.26. The van der Waals surface area contributed by atoms with Crippen molar-refractivity contribution in [2.45, 2.75) is 40.5 Å². The molecule has 0 aliphatic heterocycles. The summed E-state index contributed by atoms with van der Waals surface area (Å²) in [6, 6.07) is 2.74. The highest BCUT2D eigenvalue weighted by Crippen LogP contribution is 2.26. The molecule has 110 valence electrons. The standard InChI is InChI=1S/C15H22N2O3/c1-10(9-15(2,3)4)7-13(18)17-12-8-11(14(19)20)5-6-16-12/h5-6,8,10H,7,9H2,1-4H3,(H,19,20)(H,16,17,18). The average Bonchev–Trinajstić information content (AvgIpc) is 2.25. The van der Waals surface area contributed by atoms with Crippen molar-refractivity contribution in [1.82, 2.24) is 4.98 Å². The summed E-state index contributed by atoms with van der Waals surface area (Å²) in [5, 5.41) is 11.5. The number of carbonyl (C=O) groups excluding carboxylic acids is 1. The van der Waals surface area contributed by atoms with Crippen molar-refractivity contribution >= 4 is 17.7 Å². The van der Waals surface area contributed by atoms with E-state index in [-0.39, 0.29) is 28.6 Å². The van der Waals surface area contributed by atoms with Crippen LogP contribution in [0.1, 0.15) is 50.9 Å². The number of carboxylic acid groups (broad SMARTS) is 1. The monoisotopic (exact) mass is 278 g/mol. The number of anilines is 1. The Morgan fingerprint density at radius 1 is 1.40 bits per heavy atom. The van der Waals surface area contributed by atoms with Crippen molar-refractivity contribution in [3.05, 3.63) is 23.9 Å². The van der Waals surface area contributed by atoms with Crippen LogP contribution in [0.15, 0.2) is 18.3 Å². The van der Waals surface area contributed by atoms with Gasteiger partial charge in [-0.1, -0.05) is 27.7 Å². The van der Waals surface area contributed by atoms with Crippen LogP contribution in [0.3, 0.4) is 0 Å². The maximum atomic E-state index is 11.9. The van der Waals surface area contributed by atoms with Gasteiger partial charge in [0, 0.05) is 12.6 Å². The third-order valence-electron chi connectivity index (χ3n) is 2.77. The minimum atomic E-state index is -1.04. The molecule has 0 saturated heterocycles. The highest BCUT2D eigenvalue weighted by atomic mass is 16.4. The van der Waals surface area contributed by atoms with Gasteiger partial charge in [0.1, 0.15) is 5.82 Å². The normalized spacial score (nSPS) is 12.8. The topological polar surface area (TPSA) is 79.3 Å². The zero-order valence-electron chi connectivity index (χ0n) is 12.4. The second-order valence-corrected chi connectivity index (χ2v) is 6.36. The van der Waals surface area contributed by atoms with E-state index >= 15 is 0 Å². The van der Waals surface area contributed by atoms with Crippen LogP contribution in [0, 0.1) is 11.3 Å². The van der Waals surface area contributed by atoms with Crippen molar-refractivity contribution < 1.29 is 14.7 Å². The third-order valence-corrected chi connectivity index (χ3v) is 2.77. The summed E-state index contributed by atoms with van der Waals surface area (Å²) in [7, 11) is 0. The first-order valence-electron chi connectivity index (χ1n) is 6.66. The minimum Gasteiger partial charge on any atom is -0.478 e. The van der Waals surface area contributed by atoms with Gasteiger partial charge in [-0.2, -0.15) is 0 Å². The molecule has 0 saturated carbocycles. The fraction of sp³-hybridized carbons (Fsp3) is 0.533. The Hall–Kier alpha value is -1.91. The van der Waals surface area contributed by atoms with E-state index in [1.54, 1.807) is 0 Å². The molecule has 20 heavy (non-hydrogen) atoms. The van der Waals surface area contributed by atoms with E-state index in [0.29, 0.717) is 6.42 Å². The summed E-state index contributed by atoms with van der Waals surface area (Å²) in [5.41, 5.74) is 0.291. The Labute approximate surface area is 119 Å². The van der Waals surface area contributed by atoms with Gasteiger partial charge >= 0.3 is 5.97 Å². The Balaban J connectivity index is 2.58. The molecule has 0 bridgehead atoms. The summed E-state index contributed by atoms with van der Waals surface area (Å²) in [6.45, 7) is 8.45. The van der Waals surface area contributed by atoms with Gasteiger partial charge in [0.15, 0.2) is 0 Å². The van der Waals surface area contributed by atoms with E-state index < -0.39 is 5.97 Å². The van der Waals surface area contributed by atoms with Crippen LogP contribution < -0.4 is 5.32 Å². The molecule has 0 radical (unpaired) electrons. The lowest BCUT2D eigenvalue weighted by Gasteiger charge is -2.22.